The molecule has 2 aromatic rings. The molecular formula is C16H18O2. The molecular weight excluding hydrogens is 224 g/mol. The summed E-state index contributed by atoms with van der Waals surface area (Å²) in [6.07, 6.45) is -0.473. The van der Waals surface area contributed by atoms with E-state index in [-0.39, 0.29) is 0 Å². The molecule has 18 heavy (non-hydrogen) atoms. The van der Waals surface area contributed by atoms with Gasteiger partial charge in [-0.1, -0.05) is 67.6 Å². The first-order valence-corrected chi connectivity index (χ1v) is 6.19. The van der Waals surface area contributed by atoms with Crippen molar-refractivity contribution in [1.29, 1.82) is 0 Å². The molecule has 0 heterocycles. The molecule has 0 fully saturated rings. The molecule has 0 amide bonds. The predicted octanol–water partition coefficient (Wildman–Crippen LogP) is 3.02. The normalized spacial score (nSPS) is 15.9. The molecule has 0 saturated heterocycles. The van der Waals surface area contributed by atoms with Crippen LogP contribution in [0.5, 0.6) is 0 Å². The van der Waals surface area contributed by atoms with Gasteiger partial charge in [-0.3, -0.25) is 0 Å². The highest BCUT2D eigenvalue weighted by Crippen LogP contribution is 2.37. The summed E-state index contributed by atoms with van der Waals surface area (Å²) in [5.74, 6) is 0. The SMILES string of the molecule is CC[C@@](O)(c1ccccc1)[C@H](O)c1ccccc1. The summed E-state index contributed by atoms with van der Waals surface area (Å²) < 4.78 is 0. The molecule has 0 bridgehead atoms. The van der Waals surface area contributed by atoms with E-state index in [0.29, 0.717) is 6.42 Å². The monoisotopic (exact) mass is 242 g/mol. The van der Waals surface area contributed by atoms with E-state index < -0.39 is 11.7 Å². The Hall–Kier alpha value is -1.64. The van der Waals surface area contributed by atoms with Crippen LogP contribution in [-0.4, -0.2) is 10.2 Å². The first kappa shape index (κ1) is 12.8. The molecule has 2 rings (SSSR count). The van der Waals surface area contributed by atoms with Crippen molar-refractivity contribution in [2.45, 2.75) is 25.0 Å². The van der Waals surface area contributed by atoms with Gasteiger partial charge in [-0.25, -0.2) is 0 Å². The Kier molecular flexibility index (Phi) is 3.80. The van der Waals surface area contributed by atoms with Crippen LogP contribution in [0.4, 0.5) is 0 Å². The molecule has 0 spiro atoms. The van der Waals surface area contributed by atoms with Crippen molar-refractivity contribution >= 4 is 0 Å². The molecule has 2 atom stereocenters. The minimum absolute atomic E-state index is 0.451. The lowest BCUT2D eigenvalue weighted by atomic mass is 9.82. The van der Waals surface area contributed by atoms with Gasteiger partial charge in [0.2, 0.25) is 0 Å². The minimum Gasteiger partial charge on any atom is -0.385 e. The van der Waals surface area contributed by atoms with Gasteiger partial charge in [0, 0.05) is 0 Å². The van der Waals surface area contributed by atoms with Crippen LogP contribution < -0.4 is 0 Å². The zero-order valence-corrected chi connectivity index (χ0v) is 10.5. The number of aliphatic hydroxyl groups excluding tert-OH is 1. The molecule has 0 radical (unpaired) electrons. The summed E-state index contributed by atoms with van der Waals surface area (Å²) >= 11 is 0. The summed E-state index contributed by atoms with van der Waals surface area (Å²) in [7, 11) is 0. The largest absolute Gasteiger partial charge is 0.385 e. The molecule has 2 nitrogen and oxygen atoms in total. The topological polar surface area (TPSA) is 40.5 Å². The van der Waals surface area contributed by atoms with E-state index in [1.54, 1.807) is 0 Å². The Labute approximate surface area is 108 Å². The fourth-order valence-corrected chi connectivity index (χ4v) is 2.19. The molecule has 0 unspecified atom stereocenters. The number of hydrogen-bond acceptors (Lipinski definition) is 2. The number of hydrogen-bond donors (Lipinski definition) is 2. The van der Waals surface area contributed by atoms with Gasteiger partial charge in [-0.15, -0.1) is 0 Å². The van der Waals surface area contributed by atoms with Crippen LogP contribution in [0.3, 0.4) is 0 Å². The van der Waals surface area contributed by atoms with Crippen LogP contribution in [0.15, 0.2) is 60.7 Å². The minimum atomic E-state index is -1.25. The summed E-state index contributed by atoms with van der Waals surface area (Å²) in [6, 6.07) is 18.6. The fourth-order valence-electron chi connectivity index (χ4n) is 2.19. The maximum absolute atomic E-state index is 10.8. The number of rotatable bonds is 4. The number of benzene rings is 2. The zero-order valence-electron chi connectivity index (χ0n) is 10.5. The smallest absolute Gasteiger partial charge is 0.119 e. The van der Waals surface area contributed by atoms with E-state index in [9.17, 15) is 10.2 Å². The Morgan fingerprint density at radius 1 is 0.944 bits per heavy atom. The Morgan fingerprint density at radius 3 is 1.94 bits per heavy atom. The standard InChI is InChI=1S/C16H18O2/c1-2-16(18,14-11-7-4-8-12-14)15(17)13-9-5-3-6-10-13/h3-12,15,17-18H,2H2,1H3/t15-,16-/m1/s1. The van der Waals surface area contributed by atoms with Crippen molar-refractivity contribution in [1.82, 2.24) is 0 Å². The second kappa shape index (κ2) is 5.34. The van der Waals surface area contributed by atoms with Gasteiger partial charge in [0.15, 0.2) is 0 Å². The van der Waals surface area contributed by atoms with Crippen molar-refractivity contribution in [2.75, 3.05) is 0 Å². The third kappa shape index (κ3) is 2.30. The predicted molar refractivity (Wildman–Crippen MR) is 72.0 cm³/mol. The molecule has 2 aromatic carbocycles. The first-order chi connectivity index (χ1) is 8.68. The first-order valence-electron chi connectivity index (χ1n) is 6.19. The molecule has 0 aromatic heterocycles. The van der Waals surface area contributed by atoms with Gasteiger partial charge < -0.3 is 10.2 Å². The van der Waals surface area contributed by atoms with Gasteiger partial charge in [0.05, 0.1) is 0 Å². The van der Waals surface area contributed by atoms with Crippen LogP contribution in [0.1, 0.15) is 30.6 Å². The lowest BCUT2D eigenvalue weighted by molar-refractivity contribution is -0.0858. The van der Waals surface area contributed by atoms with Crippen molar-refractivity contribution in [2.24, 2.45) is 0 Å². The maximum atomic E-state index is 10.8. The summed E-state index contributed by atoms with van der Waals surface area (Å²) in [5, 5.41) is 21.2. The Balaban J connectivity index is 2.39. The average Bonchev–Trinajstić information content (AvgIpc) is 2.47. The van der Waals surface area contributed by atoms with E-state index in [0.717, 1.165) is 11.1 Å². The van der Waals surface area contributed by atoms with Crippen molar-refractivity contribution < 1.29 is 10.2 Å². The van der Waals surface area contributed by atoms with Crippen molar-refractivity contribution in [3.63, 3.8) is 0 Å². The molecule has 0 aliphatic heterocycles. The molecule has 0 aliphatic carbocycles. The highest BCUT2D eigenvalue weighted by molar-refractivity contribution is 5.29. The van der Waals surface area contributed by atoms with E-state index >= 15 is 0 Å². The van der Waals surface area contributed by atoms with Gasteiger partial charge >= 0.3 is 0 Å². The van der Waals surface area contributed by atoms with Crippen molar-refractivity contribution in [3.05, 3.63) is 71.8 Å². The molecule has 94 valence electrons. The summed E-state index contributed by atoms with van der Waals surface area (Å²) in [6.45, 7) is 1.87. The fraction of sp³-hybridized carbons (Fsp3) is 0.250. The van der Waals surface area contributed by atoms with Gasteiger partial charge in [0.1, 0.15) is 11.7 Å². The third-order valence-electron chi connectivity index (χ3n) is 3.38. The van der Waals surface area contributed by atoms with E-state index in [1.807, 2.05) is 67.6 Å². The van der Waals surface area contributed by atoms with Crippen LogP contribution in [0, 0.1) is 0 Å². The molecule has 2 N–H and O–H groups in total. The van der Waals surface area contributed by atoms with Gasteiger partial charge in [-0.05, 0) is 17.5 Å². The highest BCUT2D eigenvalue weighted by Gasteiger charge is 2.36. The average molecular weight is 242 g/mol. The van der Waals surface area contributed by atoms with E-state index in [4.69, 9.17) is 0 Å². The number of aliphatic hydroxyl groups is 2. The van der Waals surface area contributed by atoms with E-state index in [1.165, 1.54) is 0 Å². The van der Waals surface area contributed by atoms with Crippen molar-refractivity contribution in [3.8, 4) is 0 Å². The quantitative estimate of drug-likeness (QED) is 0.865. The van der Waals surface area contributed by atoms with Gasteiger partial charge in [0.25, 0.3) is 0 Å². The molecule has 0 saturated carbocycles. The summed E-state index contributed by atoms with van der Waals surface area (Å²) in [4.78, 5) is 0. The molecule has 2 heteroatoms. The molecule has 0 aliphatic rings. The van der Waals surface area contributed by atoms with Gasteiger partial charge in [-0.2, -0.15) is 0 Å². The second-order valence-corrected chi connectivity index (χ2v) is 4.46. The Morgan fingerprint density at radius 2 is 1.44 bits per heavy atom. The van der Waals surface area contributed by atoms with Crippen LogP contribution in [0.25, 0.3) is 0 Å². The lowest BCUT2D eigenvalue weighted by Gasteiger charge is -2.33. The van der Waals surface area contributed by atoms with Crippen LogP contribution in [-0.2, 0) is 5.60 Å². The Bertz CT molecular complexity index is 481. The van der Waals surface area contributed by atoms with Crippen LogP contribution in [0.2, 0.25) is 0 Å². The second-order valence-electron chi connectivity index (χ2n) is 4.46. The maximum Gasteiger partial charge on any atom is 0.119 e. The third-order valence-corrected chi connectivity index (χ3v) is 3.38. The zero-order chi connectivity index (χ0) is 13.0. The summed E-state index contributed by atoms with van der Waals surface area (Å²) in [5.41, 5.74) is 0.220. The highest BCUT2D eigenvalue weighted by atomic mass is 16.3. The van der Waals surface area contributed by atoms with E-state index in [2.05, 4.69) is 0 Å². The lowest BCUT2D eigenvalue weighted by Crippen LogP contribution is -2.32. The van der Waals surface area contributed by atoms with Crippen LogP contribution >= 0.6 is 0 Å².